The van der Waals surface area contributed by atoms with E-state index in [0.717, 1.165) is 12.1 Å². The van der Waals surface area contributed by atoms with E-state index in [0.29, 0.717) is 11.3 Å². The number of alkyl halides is 3. The highest BCUT2D eigenvalue weighted by Crippen LogP contribution is 2.32. The largest absolute Gasteiger partial charge is 0.467 e. The molecule has 0 aliphatic carbocycles. The third-order valence-corrected chi connectivity index (χ3v) is 4.57. The molecule has 3 aromatic rings. The fraction of sp³-hybridized carbons (Fsp3) is 0.217. The summed E-state index contributed by atoms with van der Waals surface area (Å²) in [5.74, 6) is -0.251. The summed E-state index contributed by atoms with van der Waals surface area (Å²) in [6, 6.07) is 11.3. The third-order valence-electron chi connectivity index (χ3n) is 4.57. The van der Waals surface area contributed by atoms with Gasteiger partial charge >= 0.3 is 18.1 Å². The quantitative estimate of drug-likeness (QED) is 0.491. The molecular formula is C23H20F3N3O5. The van der Waals surface area contributed by atoms with Crippen LogP contribution in [0.5, 0.6) is 11.5 Å². The van der Waals surface area contributed by atoms with Gasteiger partial charge in [0.2, 0.25) is 0 Å². The van der Waals surface area contributed by atoms with E-state index in [1.165, 1.54) is 32.4 Å². The van der Waals surface area contributed by atoms with Crippen molar-refractivity contribution in [2.24, 2.45) is 0 Å². The first-order valence-corrected chi connectivity index (χ1v) is 9.88. The number of ether oxygens (including phenoxy) is 3. The predicted octanol–water partition coefficient (Wildman–Crippen LogP) is 4.71. The first-order valence-electron chi connectivity index (χ1n) is 9.88. The lowest BCUT2D eigenvalue weighted by molar-refractivity contribution is -0.141. The number of aromatic nitrogens is 2. The minimum Gasteiger partial charge on any atom is -0.467 e. The third kappa shape index (κ3) is 6.00. The normalized spacial score (nSPS) is 11.9. The van der Waals surface area contributed by atoms with Crippen LogP contribution in [0, 0.1) is 0 Å². The fourth-order valence-corrected chi connectivity index (χ4v) is 2.84. The zero-order valence-corrected chi connectivity index (χ0v) is 18.3. The standard InChI is InChI=1S/C23H20F3N3O5/c1-13(21(30)32-2)27-19-12-18(22(31)33-3)28-20(29-19)14-4-8-16(9-5-14)34-17-10-6-15(7-11-17)23(24,25)26/h4-13H,1-3H3,(H,27,28,29)/t13-/m0/s1. The number of carbonyl (C=O) groups is 2. The van der Waals surface area contributed by atoms with Gasteiger partial charge in [-0.1, -0.05) is 0 Å². The van der Waals surface area contributed by atoms with E-state index >= 15 is 0 Å². The Bertz CT molecular complexity index is 1170. The summed E-state index contributed by atoms with van der Waals surface area (Å²) in [5, 5.41) is 2.84. The number of esters is 2. The van der Waals surface area contributed by atoms with E-state index in [4.69, 9.17) is 9.47 Å². The second-order valence-electron chi connectivity index (χ2n) is 6.99. The Morgan fingerprint density at radius 2 is 1.50 bits per heavy atom. The number of nitrogens with zero attached hydrogens (tertiary/aromatic N) is 2. The number of methoxy groups -OCH3 is 2. The van der Waals surface area contributed by atoms with Gasteiger partial charge in [-0.2, -0.15) is 13.2 Å². The topological polar surface area (TPSA) is 99.6 Å². The van der Waals surface area contributed by atoms with E-state index in [2.05, 4.69) is 20.0 Å². The number of carbonyl (C=O) groups excluding carboxylic acids is 2. The highest BCUT2D eigenvalue weighted by atomic mass is 19.4. The summed E-state index contributed by atoms with van der Waals surface area (Å²) in [6.45, 7) is 1.57. The Kier molecular flexibility index (Phi) is 7.34. The van der Waals surface area contributed by atoms with Crippen LogP contribution in [0.15, 0.2) is 54.6 Å². The Hall–Kier alpha value is -4.15. The van der Waals surface area contributed by atoms with E-state index in [-0.39, 0.29) is 23.1 Å². The van der Waals surface area contributed by atoms with Crippen molar-refractivity contribution in [2.45, 2.75) is 19.1 Å². The minimum atomic E-state index is -4.43. The molecule has 0 unspecified atom stereocenters. The van der Waals surface area contributed by atoms with Gasteiger partial charge in [-0.05, 0) is 55.5 Å². The van der Waals surface area contributed by atoms with Crippen molar-refractivity contribution < 1.29 is 37.0 Å². The fourth-order valence-electron chi connectivity index (χ4n) is 2.84. The van der Waals surface area contributed by atoms with Crippen molar-refractivity contribution in [2.75, 3.05) is 19.5 Å². The van der Waals surface area contributed by atoms with Gasteiger partial charge in [-0.3, -0.25) is 0 Å². The van der Waals surface area contributed by atoms with Crippen LogP contribution in [0.4, 0.5) is 19.0 Å². The molecule has 0 spiro atoms. The van der Waals surface area contributed by atoms with Gasteiger partial charge in [0.1, 0.15) is 23.4 Å². The molecule has 1 heterocycles. The Labute approximate surface area is 192 Å². The number of anilines is 1. The van der Waals surface area contributed by atoms with Crippen molar-refractivity contribution in [3.63, 3.8) is 0 Å². The zero-order chi connectivity index (χ0) is 24.9. The van der Waals surface area contributed by atoms with E-state index in [9.17, 15) is 22.8 Å². The molecule has 11 heteroatoms. The van der Waals surface area contributed by atoms with Gasteiger partial charge in [-0.25, -0.2) is 19.6 Å². The van der Waals surface area contributed by atoms with E-state index in [1.54, 1.807) is 31.2 Å². The maximum absolute atomic E-state index is 12.7. The van der Waals surface area contributed by atoms with Gasteiger partial charge in [0.05, 0.1) is 19.8 Å². The smallest absolute Gasteiger partial charge is 0.416 e. The molecule has 0 aliphatic heterocycles. The molecule has 0 aliphatic rings. The summed E-state index contributed by atoms with van der Waals surface area (Å²) in [6.07, 6.45) is -4.43. The number of benzene rings is 2. The molecule has 0 amide bonds. The van der Waals surface area contributed by atoms with Gasteiger partial charge < -0.3 is 19.5 Å². The average Bonchev–Trinajstić information content (AvgIpc) is 2.83. The number of hydrogen-bond acceptors (Lipinski definition) is 8. The van der Waals surface area contributed by atoms with Gasteiger partial charge in [0.25, 0.3) is 0 Å². The van der Waals surface area contributed by atoms with Gasteiger partial charge in [-0.15, -0.1) is 0 Å². The number of hydrogen-bond donors (Lipinski definition) is 1. The summed E-state index contributed by atoms with van der Waals surface area (Å²) in [4.78, 5) is 32.3. The highest BCUT2D eigenvalue weighted by molar-refractivity contribution is 5.89. The molecule has 0 saturated carbocycles. The van der Waals surface area contributed by atoms with Crippen LogP contribution in [0.1, 0.15) is 23.0 Å². The number of nitrogens with one attached hydrogen (secondary N) is 1. The molecule has 0 saturated heterocycles. The minimum absolute atomic E-state index is 0.0304. The van der Waals surface area contributed by atoms with Gasteiger partial charge in [0, 0.05) is 11.6 Å². The van der Waals surface area contributed by atoms with Crippen molar-refractivity contribution in [1.29, 1.82) is 0 Å². The monoisotopic (exact) mass is 475 g/mol. The van der Waals surface area contributed by atoms with Crippen molar-refractivity contribution in [3.05, 3.63) is 65.9 Å². The maximum atomic E-state index is 12.7. The molecule has 0 bridgehead atoms. The maximum Gasteiger partial charge on any atom is 0.416 e. The summed E-state index contributed by atoms with van der Waals surface area (Å²) in [7, 11) is 2.46. The van der Waals surface area contributed by atoms with Crippen LogP contribution in [-0.2, 0) is 20.4 Å². The van der Waals surface area contributed by atoms with Crippen LogP contribution in [0.3, 0.4) is 0 Å². The lowest BCUT2D eigenvalue weighted by Crippen LogP contribution is -2.28. The average molecular weight is 475 g/mol. The molecule has 1 N–H and O–H groups in total. The number of rotatable bonds is 7. The van der Waals surface area contributed by atoms with Crippen molar-refractivity contribution in [1.82, 2.24) is 9.97 Å². The van der Waals surface area contributed by atoms with Crippen LogP contribution in [0.25, 0.3) is 11.4 Å². The lowest BCUT2D eigenvalue weighted by Gasteiger charge is -2.14. The van der Waals surface area contributed by atoms with Crippen molar-refractivity contribution >= 4 is 17.8 Å². The SMILES string of the molecule is COC(=O)c1cc(N[C@@H](C)C(=O)OC)nc(-c2ccc(Oc3ccc(C(F)(F)F)cc3)cc2)n1. The summed E-state index contributed by atoms with van der Waals surface area (Å²) >= 11 is 0. The second kappa shape index (κ2) is 10.2. The molecule has 8 nitrogen and oxygen atoms in total. The van der Waals surface area contributed by atoms with Gasteiger partial charge in [0.15, 0.2) is 11.5 Å². The van der Waals surface area contributed by atoms with E-state index < -0.39 is 29.7 Å². The first-order chi connectivity index (χ1) is 16.1. The Morgan fingerprint density at radius 1 is 0.912 bits per heavy atom. The Morgan fingerprint density at radius 3 is 2.03 bits per heavy atom. The number of halogens is 3. The van der Waals surface area contributed by atoms with Crippen LogP contribution in [-0.4, -0.2) is 42.2 Å². The molecular weight excluding hydrogens is 455 g/mol. The van der Waals surface area contributed by atoms with E-state index in [1.807, 2.05) is 0 Å². The van der Waals surface area contributed by atoms with Crippen LogP contribution >= 0.6 is 0 Å². The molecule has 1 atom stereocenters. The predicted molar refractivity (Wildman–Crippen MR) is 115 cm³/mol. The molecule has 0 radical (unpaired) electrons. The molecule has 34 heavy (non-hydrogen) atoms. The molecule has 1 aromatic heterocycles. The molecule has 3 rings (SSSR count). The lowest BCUT2D eigenvalue weighted by atomic mass is 10.2. The highest BCUT2D eigenvalue weighted by Gasteiger charge is 2.30. The summed E-state index contributed by atoms with van der Waals surface area (Å²) in [5.41, 5.74) is -0.291. The molecule has 178 valence electrons. The van der Waals surface area contributed by atoms with Crippen molar-refractivity contribution in [3.8, 4) is 22.9 Å². The zero-order valence-electron chi connectivity index (χ0n) is 18.3. The van der Waals surface area contributed by atoms with Crippen LogP contribution in [0.2, 0.25) is 0 Å². The molecule has 2 aromatic carbocycles. The molecule has 0 fully saturated rings. The summed E-state index contributed by atoms with van der Waals surface area (Å²) < 4.78 is 53.1. The first kappa shape index (κ1) is 24.5. The van der Waals surface area contributed by atoms with Crippen LogP contribution < -0.4 is 10.1 Å². The second-order valence-corrected chi connectivity index (χ2v) is 6.99. The Balaban J connectivity index is 1.84.